The molecular weight excluding hydrogens is 334 g/mol. The molecule has 23 heavy (non-hydrogen) atoms. The van der Waals surface area contributed by atoms with Gasteiger partial charge in [0.2, 0.25) is 11.0 Å². The Bertz CT molecular complexity index is 704. The van der Waals surface area contributed by atoms with Crippen molar-refractivity contribution in [1.29, 1.82) is 0 Å². The van der Waals surface area contributed by atoms with Crippen LogP contribution in [0, 0.1) is 6.92 Å². The minimum absolute atomic E-state index is 0.377. The van der Waals surface area contributed by atoms with Crippen molar-refractivity contribution in [1.82, 2.24) is 20.8 Å². The molecule has 7 nitrogen and oxygen atoms in total. The van der Waals surface area contributed by atoms with E-state index in [4.69, 9.17) is 0 Å². The van der Waals surface area contributed by atoms with Crippen LogP contribution in [0.25, 0.3) is 0 Å². The van der Waals surface area contributed by atoms with Crippen molar-refractivity contribution in [2.24, 2.45) is 0 Å². The number of nitrogens with one attached hydrogen (secondary N) is 3. The summed E-state index contributed by atoms with van der Waals surface area (Å²) in [6.07, 6.45) is 0. The first kappa shape index (κ1) is 17.2. The summed E-state index contributed by atoms with van der Waals surface area (Å²) >= 11 is 2.60. The minimum atomic E-state index is -0.526. The SMILES string of the molecule is CNC(=O)NC(=O)[C@H](C)Sc1nnc(Nc2cccc(C)c2)s1. The summed E-state index contributed by atoms with van der Waals surface area (Å²) in [7, 11) is 1.45. The molecule has 0 spiro atoms. The lowest BCUT2D eigenvalue weighted by atomic mass is 10.2. The van der Waals surface area contributed by atoms with Crippen LogP contribution in [0.4, 0.5) is 15.6 Å². The monoisotopic (exact) mass is 351 g/mol. The molecule has 1 heterocycles. The number of benzene rings is 1. The van der Waals surface area contributed by atoms with Crippen molar-refractivity contribution in [3.63, 3.8) is 0 Å². The van der Waals surface area contributed by atoms with Gasteiger partial charge in [-0.2, -0.15) is 0 Å². The van der Waals surface area contributed by atoms with Crippen molar-refractivity contribution in [2.75, 3.05) is 12.4 Å². The second-order valence-electron chi connectivity index (χ2n) is 4.70. The smallest absolute Gasteiger partial charge is 0.321 e. The summed E-state index contributed by atoms with van der Waals surface area (Å²) in [6, 6.07) is 7.40. The van der Waals surface area contributed by atoms with Crippen LogP contribution in [0.5, 0.6) is 0 Å². The van der Waals surface area contributed by atoms with E-state index in [2.05, 4.69) is 26.1 Å². The van der Waals surface area contributed by atoms with E-state index in [1.807, 2.05) is 31.2 Å². The Morgan fingerprint density at radius 2 is 2.09 bits per heavy atom. The molecule has 3 N–H and O–H groups in total. The first-order chi connectivity index (χ1) is 11.0. The van der Waals surface area contributed by atoms with Gasteiger partial charge in [0.25, 0.3) is 0 Å². The van der Waals surface area contributed by atoms with Gasteiger partial charge in [-0.05, 0) is 31.5 Å². The highest BCUT2D eigenvalue weighted by Gasteiger charge is 2.18. The molecule has 0 aliphatic heterocycles. The summed E-state index contributed by atoms with van der Waals surface area (Å²) in [5.41, 5.74) is 2.08. The maximum atomic E-state index is 11.8. The average molecular weight is 351 g/mol. The summed E-state index contributed by atoms with van der Waals surface area (Å²) in [5.74, 6) is -0.377. The molecule has 0 bridgehead atoms. The fourth-order valence-electron chi connectivity index (χ4n) is 1.63. The third kappa shape index (κ3) is 5.22. The van der Waals surface area contributed by atoms with Crippen LogP contribution in [-0.4, -0.2) is 34.4 Å². The van der Waals surface area contributed by atoms with E-state index in [1.165, 1.54) is 30.1 Å². The molecule has 122 valence electrons. The quantitative estimate of drug-likeness (QED) is 0.717. The molecule has 0 aliphatic rings. The normalized spacial score (nSPS) is 11.6. The van der Waals surface area contributed by atoms with Gasteiger partial charge in [0.1, 0.15) is 0 Å². The average Bonchev–Trinajstić information content (AvgIpc) is 2.94. The molecule has 1 aromatic carbocycles. The van der Waals surface area contributed by atoms with E-state index < -0.39 is 11.3 Å². The number of aryl methyl sites for hydroxylation is 1. The Kier molecular flexibility index (Phi) is 5.94. The van der Waals surface area contributed by atoms with Crippen molar-refractivity contribution in [3.05, 3.63) is 29.8 Å². The van der Waals surface area contributed by atoms with Gasteiger partial charge in [-0.25, -0.2) is 4.79 Å². The van der Waals surface area contributed by atoms with E-state index in [0.717, 1.165) is 11.3 Å². The first-order valence-electron chi connectivity index (χ1n) is 6.84. The Morgan fingerprint density at radius 1 is 1.30 bits per heavy atom. The number of urea groups is 1. The number of aromatic nitrogens is 2. The van der Waals surface area contributed by atoms with E-state index in [-0.39, 0.29) is 5.91 Å². The summed E-state index contributed by atoms with van der Waals surface area (Å²) < 4.78 is 0.653. The zero-order valence-corrected chi connectivity index (χ0v) is 14.5. The number of hydrogen-bond acceptors (Lipinski definition) is 7. The number of hydrogen-bond donors (Lipinski definition) is 3. The molecule has 2 rings (SSSR count). The highest BCUT2D eigenvalue weighted by atomic mass is 32.2. The zero-order valence-electron chi connectivity index (χ0n) is 12.9. The zero-order chi connectivity index (χ0) is 16.8. The van der Waals surface area contributed by atoms with Crippen molar-refractivity contribution < 1.29 is 9.59 Å². The number of carbonyl (C=O) groups is 2. The summed E-state index contributed by atoms with van der Waals surface area (Å²) in [4.78, 5) is 22.9. The number of amides is 3. The van der Waals surface area contributed by atoms with Gasteiger partial charge in [-0.3, -0.25) is 10.1 Å². The van der Waals surface area contributed by atoms with E-state index >= 15 is 0 Å². The number of nitrogens with zero attached hydrogens (tertiary/aromatic N) is 2. The van der Waals surface area contributed by atoms with Gasteiger partial charge in [0.15, 0.2) is 4.34 Å². The highest BCUT2D eigenvalue weighted by molar-refractivity contribution is 8.02. The number of thioether (sulfide) groups is 1. The predicted octanol–water partition coefficient (Wildman–Crippen LogP) is 2.53. The Morgan fingerprint density at radius 3 is 2.78 bits per heavy atom. The van der Waals surface area contributed by atoms with Crippen LogP contribution < -0.4 is 16.0 Å². The van der Waals surface area contributed by atoms with Gasteiger partial charge < -0.3 is 10.6 Å². The third-order valence-corrected chi connectivity index (χ3v) is 4.81. The standard InChI is InChI=1S/C14H17N5O2S2/c1-8-5-4-6-10(7-8)16-13-18-19-14(23-13)22-9(2)11(20)17-12(21)15-3/h4-7,9H,1-3H3,(H,16,18)(H2,15,17,20,21)/t9-/m0/s1. The van der Waals surface area contributed by atoms with Crippen LogP contribution in [0.3, 0.4) is 0 Å². The number of carbonyl (C=O) groups excluding carboxylic acids is 2. The Labute approximate surface area is 142 Å². The molecule has 2 aromatic rings. The van der Waals surface area contributed by atoms with Crippen LogP contribution >= 0.6 is 23.1 Å². The number of rotatable bonds is 5. The molecule has 0 radical (unpaired) electrons. The van der Waals surface area contributed by atoms with E-state index in [0.29, 0.717) is 9.47 Å². The molecular formula is C14H17N5O2S2. The van der Waals surface area contributed by atoms with Gasteiger partial charge in [-0.15, -0.1) is 10.2 Å². The molecule has 0 fully saturated rings. The maximum Gasteiger partial charge on any atom is 0.321 e. The van der Waals surface area contributed by atoms with Gasteiger partial charge in [-0.1, -0.05) is 35.2 Å². The molecule has 0 aliphatic carbocycles. The van der Waals surface area contributed by atoms with Crippen LogP contribution in [0.2, 0.25) is 0 Å². The fourth-order valence-corrected chi connectivity index (χ4v) is 3.55. The van der Waals surface area contributed by atoms with Crippen molar-refractivity contribution in [3.8, 4) is 0 Å². The molecule has 1 atom stereocenters. The second kappa shape index (κ2) is 7.93. The molecule has 0 saturated heterocycles. The minimum Gasteiger partial charge on any atom is -0.341 e. The highest BCUT2D eigenvalue weighted by Crippen LogP contribution is 2.30. The maximum absolute atomic E-state index is 11.8. The van der Waals surface area contributed by atoms with Gasteiger partial charge in [0.05, 0.1) is 5.25 Å². The molecule has 3 amide bonds. The number of anilines is 2. The molecule has 0 unspecified atom stereocenters. The Balaban J connectivity index is 1.94. The number of imide groups is 1. The second-order valence-corrected chi connectivity index (χ2v) is 7.26. The topological polar surface area (TPSA) is 96.0 Å². The fraction of sp³-hybridized carbons (Fsp3) is 0.286. The summed E-state index contributed by atoms with van der Waals surface area (Å²) in [5, 5.41) is 16.0. The van der Waals surface area contributed by atoms with Crippen LogP contribution in [0.15, 0.2) is 28.6 Å². The predicted molar refractivity (Wildman–Crippen MR) is 92.3 cm³/mol. The van der Waals surface area contributed by atoms with Gasteiger partial charge in [0, 0.05) is 12.7 Å². The first-order valence-corrected chi connectivity index (χ1v) is 8.54. The third-order valence-electron chi connectivity index (χ3n) is 2.79. The van der Waals surface area contributed by atoms with Crippen molar-refractivity contribution >= 4 is 45.9 Å². The largest absolute Gasteiger partial charge is 0.341 e. The van der Waals surface area contributed by atoms with Gasteiger partial charge >= 0.3 is 6.03 Å². The lowest BCUT2D eigenvalue weighted by Crippen LogP contribution is -2.41. The van der Waals surface area contributed by atoms with Crippen LogP contribution in [0.1, 0.15) is 12.5 Å². The lowest BCUT2D eigenvalue weighted by molar-refractivity contribution is -0.119. The van der Waals surface area contributed by atoms with E-state index in [1.54, 1.807) is 6.92 Å². The summed E-state index contributed by atoms with van der Waals surface area (Å²) in [6.45, 7) is 3.72. The van der Waals surface area contributed by atoms with Crippen LogP contribution in [-0.2, 0) is 4.79 Å². The molecule has 1 aromatic heterocycles. The molecule has 9 heteroatoms. The van der Waals surface area contributed by atoms with E-state index in [9.17, 15) is 9.59 Å². The molecule has 0 saturated carbocycles. The lowest BCUT2D eigenvalue weighted by Gasteiger charge is -2.08. The Hall–Kier alpha value is -2.13. The van der Waals surface area contributed by atoms with Crippen molar-refractivity contribution in [2.45, 2.75) is 23.4 Å².